The van der Waals surface area contributed by atoms with Gasteiger partial charge in [0.1, 0.15) is 5.82 Å². The first-order chi connectivity index (χ1) is 14.2. The molecule has 0 unspecified atom stereocenters. The number of aryl methyl sites for hydroxylation is 1. The minimum absolute atomic E-state index is 0.742. The van der Waals surface area contributed by atoms with Crippen molar-refractivity contribution in [3.63, 3.8) is 0 Å². The zero-order chi connectivity index (χ0) is 20.5. The molecule has 2 aromatic carbocycles. The van der Waals surface area contributed by atoms with Gasteiger partial charge >= 0.3 is 0 Å². The number of imidazole rings is 1. The quantitative estimate of drug-likeness (QED) is 0.295. The van der Waals surface area contributed by atoms with Gasteiger partial charge in [0.15, 0.2) is 17.5 Å². The Bertz CT molecular complexity index is 918. The van der Waals surface area contributed by atoms with E-state index >= 15 is 0 Å². The van der Waals surface area contributed by atoms with Crippen molar-refractivity contribution in [3.8, 4) is 11.5 Å². The van der Waals surface area contributed by atoms with Crippen LogP contribution in [0, 0.1) is 0 Å². The molecule has 3 rings (SSSR count). The average Bonchev–Trinajstić information content (AvgIpc) is 3.18. The van der Waals surface area contributed by atoms with E-state index in [1.54, 1.807) is 21.3 Å². The van der Waals surface area contributed by atoms with Gasteiger partial charge in [0.25, 0.3) is 0 Å². The molecule has 0 saturated carbocycles. The maximum Gasteiger partial charge on any atom is 0.190 e. The third-order valence-electron chi connectivity index (χ3n) is 4.70. The van der Waals surface area contributed by atoms with Gasteiger partial charge in [-0.1, -0.05) is 18.2 Å². The van der Waals surface area contributed by atoms with Crippen molar-refractivity contribution in [1.82, 2.24) is 20.6 Å². The SMILES string of the molecule is CN=C(NCCCc1nc2ccccc2[nH]1)NCCc1ccc(OC)c(OC)c1. The molecule has 0 fully saturated rings. The Morgan fingerprint density at radius 2 is 1.79 bits per heavy atom. The van der Waals surface area contributed by atoms with Crippen molar-refractivity contribution in [2.24, 2.45) is 4.99 Å². The lowest BCUT2D eigenvalue weighted by atomic mass is 10.1. The summed E-state index contributed by atoms with van der Waals surface area (Å²) in [6, 6.07) is 14.1. The fourth-order valence-corrected chi connectivity index (χ4v) is 3.17. The van der Waals surface area contributed by atoms with Gasteiger partial charge in [-0.2, -0.15) is 0 Å². The van der Waals surface area contributed by atoms with Crippen LogP contribution in [0.2, 0.25) is 0 Å². The van der Waals surface area contributed by atoms with E-state index in [2.05, 4.69) is 25.6 Å². The molecule has 154 valence electrons. The van der Waals surface area contributed by atoms with Crippen LogP contribution >= 0.6 is 0 Å². The third kappa shape index (κ3) is 5.63. The van der Waals surface area contributed by atoms with E-state index in [9.17, 15) is 0 Å². The Kier molecular flexibility index (Phi) is 7.33. The first kappa shape index (κ1) is 20.5. The Morgan fingerprint density at radius 1 is 1.00 bits per heavy atom. The highest BCUT2D eigenvalue weighted by Gasteiger charge is 2.05. The Balaban J connectivity index is 1.39. The molecule has 1 aromatic heterocycles. The number of ether oxygens (including phenoxy) is 2. The molecule has 7 nitrogen and oxygen atoms in total. The van der Waals surface area contributed by atoms with Crippen LogP contribution in [0.1, 0.15) is 17.8 Å². The van der Waals surface area contributed by atoms with Crippen LogP contribution < -0.4 is 20.1 Å². The lowest BCUT2D eigenvalue weighted by Gasteiger charge is -2.13. The van der Waals surface area contributed by atoms with Crippen molar-refractivity contribution in [1.29, 1.82) is 0 Å². The van der Waals surface area contributed by atoms with Crippen LogP contribution in [-0.2, 0) is 12.8 Å². The van der Waals surface area contributed by atoms with E-state index in [1.165, 1.54) is 5.56 Å². The summed E-state index contributed by atoms with van der Waals surface area (Å²) in [6.45, 7) is 1.60. The van der Waals surface area contributed by atoms with Gasteiger partial charge in [-0.05, 0) is 42.7 Å². The second-order valence-corrected chi connectivity index (χ2v) is 6.67. The molecule has 29 heavy (non-hydrogen) atoms. The molecular formula is C22H29N5O2. The molecule has 0 saturated heterocycles. The average molecular weight is 396 g/mol. The lowest BCUT2D eigenvalue weighted by molar-refractivity contribution is 0.354. The molecule has 0 aliphatic carbocycles. The number of hydrogen-bond donors (Lipinski definition) is 3. The number of aliphatic imine (C=N–C) groups is 1. The molecule has 0 aliphatic rings. The molecular weight excluding hydrogens is 366 g/mol. The molecule has 0 spiro atoms. The van der Waals surface area contributed by atoms with Crippen LogP contribution in [-0.4, -0.2) is 50.3 Å². The number of para-hydroxylation sites is 2. The highest BCUT2D eigenvalue weighted by Crippen LogP contribution is 2.27. The highest BCUT2D eigenvalue weighted by atomic mass is 16.5. The summed E-state index contributed by atoms with van der Waals surface area (Å²) in [7, 11) is 5.07. The molecule has 3 aromatic rings. The number of aromatic nitrogens is 2. The second kappa shape index (κ2) is 10.4. The Labute approximate surface area is 171 Å². The Morgan fingerprint density at radius 3 is 2.55 bits per heavy atom. The maximum absolute atomic E-state index is 5.36. The number of methoxy groups -OCH3 is 2. The fraction of sp³-hybridized carbons (Fsp3) is 0.364. The summed E-state index contributed by atoms with van der Waals surface area (Å²) < 4.78 is 10.6. The van der Waals surface area contributed by atoms with Gasteiger partial charge in [-0.3, -0.25) is 4.99 Å². The van der Waals surface area contributed by atoms with E-state index in [0.717, 1.165) is 66.7 Å². The summed E-state index contributed by atoms with van der Waals surface area (Å²) in [5.74, 6) is 3.31. The van der Waals surface area contributed by atoms with E-state index < -0.39 is 0 Å². The number of aromatic amines is 1. The zero-order valence-electron chi connectivity index (χ0n) is 17.3. The van der Waals surface area contributed by atoms with Gasteiger partial charge in [-0.15, -0.1) is 0 Å². The number of benzene rings is 2. The molecule has 1 heterocycles. The van der Waals surface area contributed by atoms with Gasteiger partial charge < -0.3 is 25.1 Å². The standard InChI is InChI=1S/C22H29N5O2/c1-23-22(25-14-12-16-10-11-19(28-2)20(15-16)29-3)24-13-6-9-21-26-17-7-4-5-8-18(17)27-21/h4-5,7-8,10-11,15H,6,9,12-14H2,1-3H3,(H,26,27)(H2,23,24,25). The van der Waals surface area contributed by atoms with Gasteiger partial charge in [0, 0.05) is 26.6 Å². The molecule has 0 bridgehead atoms. The number of H-pyrrole nitrogens is 1. The van der Waals surface area contributed by atoms with Crippen LogP contribution in [0.15, 0.2) is 47.5 Å². The van der Waals surface area contributed by atoms with E-state index in [-0.39, 0.29) is 0 Å². The smallest absolute Gasteiger partial charge is 0.190 e. The van der Waals surface area contributed by atoms with E-state index in [1.807, 2.05) is 42.5 Å². The number of nitrogens with one attached hydrogen (secondary N) is 3. The Hall–Kier alpha value is -3.22. The van der Waals surface area contributed by atoms with Crippen LogP contribution in [0.4, 0.5) is 0 Å². The lowest BCUT2D eigenvalue weighted by Crippen LogP contribution is -2.38. The monoisotopic (exact) mass is 395 g/mol. The van der Waals surface area contributed by atoms with Crippen molar-refractivity contribution in [3.05, 3.63) is 53.9 Å². The van der Waals surface area contributed by atoms with Crippen molar-refractivity contribution >= 4 is 17.0 Å². The molecule has 0 amide bonds. The van der Waals surface area contributed by atoms with Crippen LogP contribution in [0.25, 0.3) is 11.0 Å². The normalized spacial score (nSPS) is 11.5. The minimum atomic E-state index is 0.742. The molecule has 0 atom stereocenters. The van der Waals surface area contributed by atoms with Crippen molar-refractivity contribution in [2.45, 2.75) is 19.3 Å². The van der Waals surface area contributed by atoms with Gasteiger partial charge in [0.2, 0.25) is 0 Å². The number of guanidine groups is 1. The molecule has 3 N–H and O–H groups in total. The van der Waals surface area contributed by atoms with Crippen LogP contribution in [0.5, 0.6) is 11.5 Å². The summed E-state index contributed by atoms with van der Waals surface area (Å²) in [4.78, 5) is 12.3. The predicted octanol–water partition coefficient (Wildman–Crippen LogP) is 2.92. The number of nitrogens with zero attached hydrogens (tertiary/aromatic N) is 2. The summed E-state index contributed by atoms with van der Waals surface area (Å²) in [5, 5.41) is 6.70. The topological polar surface area (TPSA) is 83.6 Å². The summed E-state index contributed by atoms with van der Waals surface area (Å²) >= 11 is 0. The third-order valence-corrected chi connectivity index (χ3v) is 4.70. The largest absolute Gasteiger partial charge is 0.493 e. The maximum atomic E-state index is 5.36. The molecule has 0 aliphatic heterocycles. The van der Waals surface area contributed by atoms with Gasteiger partial charge in [0.05, 0.1) is 25.3 Å². The second-order valence-electron chi connectivity index (χ2n) is 6.67. The van der Waals surface area contributed by atoms with E-state index in [0.29, 0.717) is 0 Å². The molecule has 0 radical (unpaired) electrons. The van der Waals surface area contributed by atoms with Gasteiger partial charge in [-0.25, -0.2) is 4.98 Å². The number of fused-ring (bicyclic) bond motifs is 1. The predicted molar refractivity (Wildman–Crippen MR) is 117 cm³/mol. The summed E-state index contributed by atoms with van der Waals surface area (Å²) in [5.41, 5.74) is 3.28. The van der Waals surface area contributed by atoms with Crippen molar-refractivity contribution < 1.29 is 9.47 Å². The van der Waals surface area contributed by atoms with E-state index in [4.69, 9.17) is 9.47 Å². The number of hydrogen-bond acceptors (Lipinski definition) is 4. The highest BCUT2D eigenvalue weighted by molar-refractivity contribution is 5.79. The minimum Gasteiger partial charge on any atom is -0.493 e. The number of rotatable bonds is 9. The summed E-state index contributed by atoms with van der Waals surface area (Å²) in [6.07, 6.45) is 2.72. The van der Waals surface area contributed by atoms with Crippen molar-refractivity contribution in [2.75, 3.05) is 34.4 Å². The molecule has 7 heteroatoms. The fourth-order valence-electron chi connectivity index (χ4n) is 3.17. The van der Waals surface area contributed by atoms with Crippen LogP contribution in [0.3, 0.4) is 0 Å². The first-order valence-electron chi connectivity index (χ1n) is 9.82. The first-order valence-corrected chi connectivity index (χ1v) is 9.82. The zero-order valence-corrected chi connectivity index (χ0v) is 17.3.